The van der Waals surface area contributed by atoms with Crippen molar-refractivity contribution in [3.8, 4) is 0 Å². The third-order valence-electron chi connectivity index (χ3n) is 2.10. The summed E-state index contributed by atoms with van der Waals surface area (Å²) in [6.45, 7) is 7.24. The van der Waals surface area contributed by atoms with Crippen molar-refractivity contribution in [2.45, 2.75) is 39.2 Å². The standard InChI is InChI=1S/C8H17N/c1-3-5-6-9-7-8(9)4-2/h8H,3-7H2,1-2H3. The molecule has 1 heterocycles. The minimum absolute atomic E-state index is 0.955. The van der Waals surface area contributed by atoms with E-state index in [-0.39, 0.29) is 0 Å². The molecule has 1 aliphatic heterocycles. The maximum Gasteiger partial charge on any atom is 0.0221 e. The van der Waals surface area contributed by atoms with E-state index in [9.17, 15) is 0 Å². The zero-order chi connectivity index (χ0) is 6.69. The first kappa shape index (κ1) is 7.07. The van der Waals surface area contributed by atoms with Gasteiger partial charge in [-0.25, -0.2) is 0 Å². The SMILES string of the molecule is CCCCN1CC1CC. The average molecular weight is 127 g/mol. The van der Waals surface area contributed by atoms with Crippen LogP contribution in [-0.4, -0.2) is 24.0 Å². The molecule has 54 valence electrons. The molecule has 0 spiro atoms. The van der Waals surface area contributed by atoms with Gasteiger partial charge in [0.1, 0.15) is 0 Å². The predicted octanol–water partition coefficient (Wildman–Crippen LogP) is 1.88. The molecule has 1 fully saturated rings. The minimum atomic E-state index is 0.955. The van der Waals surface area contributed by atoms with Gasteiger partial charge in [0.05, 0.1) is 0 Å². The molecule has 1 heteroatoms. The van der Waals surface area contributed by atoms with Gasteiger partial charge in [0.2, 0.25) is 0 Å². The zero-order valence-electron chi connectivity index (χ0n) is 6.56. The Hall–Kier alpha value is -0.0400. The molecular formula is C8H17N. The quantitative estimate of drug-likeness (QED) is 0.521. The Balaban J connectivity index is 1.92. The van der Waals surface area contributed by atoms with Crippen LogP contribution in [0.5, 0.6) is 0 Å². The van der Waals surface area contributed by atoms with Crippen molar-refractivity contribution in [2.24, 2.45) is 0 Å². The normalized spacial score (nSPS) is 32.7. The first-order valence-corrected chi connectivity index (χ1v) is 4.12. The lowest BCUT2D eigenvalue weighted by atomic mass is 10.3. The van der Waals surface area contributed by atoms with Gasteiger partial charge < -0.3 is 0 Å². The number of unbranched alkanes of at least 4 members (excludes halogenated alkanes) is 1. The minimum Gasteiger partial charge on any atom is -0.298 e. The smallest absolute Gasteiger partial charge is 0.0221 e. The van der Waals surface area contributed by atoms with Gasteiger partial charge in [0.25, 0.3) is 0 Å². The van der Waals surface area contributed by atoms with E-state index in [1.807, 2.05) is 0 Å². The van der Waals surface area contributed by atoms with Crippen molar-refractivity contribution in [1.82, 2.24) is 4.90 Å². The molecule has 0 aromatic carbocycles. The molecule has 0 aromatic rings. The molecule has 0 N–H and O–H groups in total. The van der Waals surface area contributed by atoms with Crippen LogP contribution in [0.4, 0.5) is 0 Å². The molecule has 0 radical (unpaired) electrons. The van der Waals surface area contributed by atoms with E-state index in [1.165, 1.54) is 32.4 Å². The third-order valence-corrected chi connectivity index (χ3v) is 2.10. The molecule has 9 heavy (non-hydrogen) atoms. The van der Waals surface area contributed by atoms with Crippen LogP contribution in [0.1, 0.15) is 33.1 Å². The van der Waals surface area contributed by atoms with Crippen LogP contribution in [0.25, 0.3) is 0 Å². The first-order valence-electron chi connectivity index (χ1n) is 4.12. The maximum atomic E-state index is 2.56. The second kappa shape index (κ2) is 3.21. The van der Waals surface area contributed by atoms with Gasteiger partial charge in [-0.2, -0.15) is 0 Å². The Kier molecular flexibility index (Phi) is 2.52. The molecular weight excluding hydrogens is 110 g/mol. The highest BCUT2D eigenvalue weighted by atomic mass is 15.3. The van der Waals surface area contributed by atoms with Crippen LogP contribution in [0.2, 0.25) is 0 Å². The lowest BCUT2D eigenvalue weighted by Crippen LogP contribution is -2.02. The van der Waals surface area contributed by atoms with Gasteiger partial charge in [0, 0.05) is 12.6 Å². The van der Waals surface area contributed by atoms with Gasteiger partial charge in [-0.15, -0.1) is 0 Å². The molecule has 0 bridgehead atoms. The van der Waals surface area contributed by atoms with Crippen molar-refractivity contribution in [2.75, 3.05) is 13.1 Å². The fourth-order valence-electron chi connectivity index (χ4n) is 1.25. The number of rotatable bonds is 4. The summed E-state index contributed by atoms with van der Waals surface area (Å²) in [7, 11) is 0. The fraction of sp³-hybridized carbons (Fsp3) is 1.00. The van der Waals surface area contributed by atoms with E-state index < -0.39 is 0 Å². The lowest BCUT2D eigenvalue weighted by molar-refractivity contribution is 0.481. The van der Waals surface area contributed by atoms with E-state index >= 15 is 0 Å². The first-order chi connectivity index (χ1) is 4.38. The van der Waals surface area contributed by atoms with Crippen LogP contribution in [0, 0.1) is 0 Å². The summed E-state index contributed by atoms with van der Waals surface area (Å²) in [5, 5.41) is 0. The highest BCUT2D eigenvalue weighted by Gasteiger charge is 2.30. The summed E-state index contributed by atoms with van der Waals surface area (Å²) in [5.74, 6) is 0. The molecule has 2 unspecified atom stereocenters. The van der Waals surface area contributed by atoms with Crippen molar-refractivity contribution in [3.05, 3.63) is 0 Å². The van der Waals surface area contributed by atoms with E-state index in [0.717, 1.165) is 6.04 Å². The largest absolute Gasteiger partial charge is 0.298 e. The van der Waals surface area contributed by atoms with Crippen molar-refractivity contribution in [3.63, 3.8) is 0 Å². The molecule has 0 amide bonds. The Labute approximate surface area is 58.0 Å². The molecule has 1 saturated heterocycles. The van der Waals surface area contributed by atoms with Gasteiger partial charge in [-0.3, -0.25) is 4.90 Å². The Bertz CT molecular complexity index is 80.6. The lowest BCUT2D eigenvalue weighted by Gasteiger charge is -1.98. The fourth-order valence-corrected chi connectivity index (χ4v) is 1.25. The molecule has 1 aliphatic rings. The van der Waals surface area contributed by atoms with Crippen LogP contribution < -0.4 is 0 Å². The van der Waals surface area contributed by atoms with Crippen LogP contribution in [0.3, 0.4) is 0 Å². The van der Waals surface area contributed by atoms with Crippen LogP contribution in [-0.2, 0) is 0 Å². The molecule has 0 aliphatic carbocycles. The van der Waals surface area contributed by atoms with Crippen LogP contribution >= 0.6 is 0 Å². The van der Waals surface area contributed by atoms with Crippen molar-refractivity contribution >= 4 is 0 Å². The number of hydrogen-bond acceptors (Lipinski definition) is 1. The predicted molar refractivity (Wildman–Crippen MR) is 40.6 cm³/mol. The van der Waals surface area contributed by atoms with Gasteiger partial charge >= 0.3 is 0 Å². The average Bonchev–Trinajstić information content (AvgIpc) is 2.62. The topological polar surface area (TPSA) is 3.01 Å². The molecule has 0 aromatic heterocycles. The molecule has 0 saturated carbocycles. The van der Waals surface area contributed by atoms with E-state index in [1.54, 1.807) is 0 Å². The van der Waals surface area contributed by atoms with E-state index in [4.69, 9.17) is 0 Å². The highest BCUT2D eigenvalue weighted by molar-refractivity contribution is 4.86. The van der Waals surface area contributed by atoms with E-state index in [0.29, 0.717) is 0 Å². The zero-order valence-corrected chi connectivity index (χ0v) is 6.56. The summed E-state index contributed by atoms with van der Waals surface area (Å²) in [4.78, 5) is 2.56. The summed E-state index contributed by atoms with van der Waals surface area (Å²) in [6.07, 6.45) is 4.08. The Morgan fingerprint density at radius 3 is 2.67 bits per heavy atom. The summed E-state index contributed by atoms with van der Waals surface area (Å²) >= 11 is 0. The van der Waals surface area contributed by atoms with E-state index in [2.05, 4.69) is 18.7 Å². The highest BCUT2D eigenvalue weighted by Crippen LogP contribution is 2.20. The van der Waals surface area contributed by atoms with Gasteiger partial charge in [0.15, 0.2) is 0 Å². The second-order valence-corrected chi connectivity index (χ2v) is 2.91. The maximum absolute atomic E-state index is 2.56. The molecule has 1 rings (SSSR count). The van der Waals surface area contributed by atoms with Crippen molar-refractivity contribution in [1.29, 1.82) is 0 Å². The molecule has 2 atom stereocenters. The van der Waals surface area contributed by atoms with Crippen LogP contribution in [0.15, 0.2) is 0 Å². The Morgan fingerprint density at radius 1 is 1.44 bits per heavy atom. The summed E-state index contributed by atoms with van der Waals surface area (Å²) in [5.41, 5.74) is 0. The summed E-state index contributed by atoms with van der Waals surface area (Å²) < 4.78 is 0. The third kappa shape index (κ3) is 1.98. The second-order valence-electron chi connectivity index (χ2n) is 2.91. The van der Waals surface area contributed by atoms with Gasteiger partial charge in [-0.05, 0) is 19.4 Å². The number of nitrogens with zero attached hydrogens (tertiary/aromatic N) is 1. The Morgan fingerprint density at radius 2 is 2.22 bits per heavy atom. The van der Waals surface area contributed by atoms with Crippen molar-refractivity contribution < 1.29 is 0 Å². The summed E-state index contributed by atoms with van der Waals surface area (Å²) in [6, 6.07) is 0.955. The number of hydrogen-bond donors (Lipinski definition) is 0. The molecule has 1 nitrogen and oxygen atoms in total. The van der Waals surface area contributed by atoms with Gasteiger partial charge in [-0.1, -0.05) is 20.3 Å². The monoisotopic (exact) mass is 127 g/mol.